The summed E-state index contributed by atoms with van der Waals surface area (Å²) in [5, 5.41) is 2.82. The minimum Gasteiger partial charge on any atom is -0.397 e. The molecule has 21 heavy (non-hydrogen) atoms. The summed E-state index contributed by atoms with van der Waals surface area (Å²) in [5.41, 5.74) is 8.15. The number of nitrogens with zero attached hydrogens (tertiary/aromatic N) is 1. The van der Waals surface area contributed by atoms with Gasteiger partial charge < -0.3 is 15.6 Å². The zero-order valence-electron chi connectivity index (χ0n) is 11.5. The van der Waals surface area contributed by atoms with E-state index in [9.17, 15) is 9.18 Å². The van der Waals surface area contributed by atoms with E-state index in [1.165, 1.54) is 6.07 Å². The molecule has 3 N–H and O–H groups in total. The number of nitrogen functional groups attached to an aromatic ring is 1. The van der Waals surface area contributed by atoms with Crippen LogP contribution in [-0.2, 0) is 0 Å². The third-order valence-corrected chi connectivity index (χ3v) is 4.17. The van der Waals surface area contributed by atoms with Gasteiger partial charge in [-0.2, -0.15) is 0 Å². The number of anilines is 2. The molecule has 0 atom stereocenters. The molecule has 1 amide bonds. The minimum absolute atomic E-state index is 0.236. The summed E-state index contributed by atoms with van der Waals surface area (Å²) in [6.07, 6.45) is 3.92. The minimum atomic E-state index is -0.351. The second-order valence-electron chi connectivity index (χ2n) is 5.33. The molecule has 1 aromatic carbocycles. The number of aryl methyl sites for hydroxylation is 1. The third-order valence-electron chi connectivity index (χ3n) is 3.56. The Morgan fingerprint density at radius 1 is 1.43 bits per heavy atom. The van der Waals surface area contributed by atoms with Gasteiger partial charge in [0.05, 0.1) is 10.2 Å². The van der Waals surface area contributed by atoms with Crippen molar-refractivity contribution in [3.8, 4) is 0 Å². The number of carbonyl (C=O) groups is 1. The standard InChI is InChI=1S/C15H15BrFN3O/c1-8-4-12(17)11(16)6-13(8)19-15(21)14-5-9(18)7-20(14)10-2-3-10/h4-7,10H,2-3,18H2,1H3,(H,19,21). The van der Waals surface area contributed by atoms with E-state index in [1.807, 2.05) is 4.57 Å². The van der Waals surface area contributed by atoms with E-state index < -0.39 is 0 Å². The van der Waals surface area contributed by atoms with Crippen LogP contribution in [0.3, 0.4) is 0 Å². The molecular weight excluding hydrogens is 337 g/mol. The van der Waals surface area contributed by atoms with E-state index in [1.54, 1.807) is 25.3 Å². The van der Waals surface area contributed by atoms with Crippen LogP contribution in [0.15, 0.2) is 28.9 Å². The average Bonchev–Trinajstić information content (AvgIpc) is 3.18. The summed E-state index contributed by atoms with van der Waals surface area (Å²) in [7, 11) is 0. The van der Waals surface area contributed by atoms with Crippen molar-refractivity contribution in [3.05, 3.63) is 45.9 Å². The van der Waals surface area contributed by atoms with Gasteiger partial charge in [-0.15, -0.1) is 0 Å². The topological polar surface area (TPSA) is 60.1 Å². The molecule has 1 aromatic heterocycles. The fraction of sp³-hybridized carbons (Fsp3) is 0.267. The lowest BCUT2D eigenvalue weighted by Gasteiger charge is -2.11. The summed E-state index contributed by atoms with van der Waals surface area (Å²) in [6.45, 7) is 1.75. The van der Waals surface area contributed by atoms with Crippen LogP contribution in [0.1, 0.15) is 34.9 Å². The first-order valence-corrected chi connectivity index (χ1v) is 7.49. The Hall–Kier alpha value is -1.82. The molecule has 4 nitrogen and oxygen atoms in total. The number of aromatic nitrogens is 1. The van der Waals surface area contributed by atoms with Gasteiger partial charge in [-0.25, -0.2) is 4.39 Å². The van der Waals surface area contributed by atoms with Gasteiger partial charge in [0.1, 0.15) is 11.5 Å². The predicted octanol–water partition coefficient (Wildman–Crippen LogP) is 3.87. The lowest BCUT2D eigenvalue weighted by molar-refractivity contribution is 0.101. The molecule has 0 unspecified atom stereocenters. The highest BCUT2D eigenvalue weighted by atomic mass is 79.9. The molecule has 1 aliphatic rings. The van der Waals surface area contributed by atoms with Gasteiger partial charge in [-0.05, 0) is 59.5 Å². The normalized spacial score (nSPS) is 14.2. The number of carbonyl (C=O) groups excluding carboxylic acids is 1. The lowest BCUT2D eigenvalue weighted by atomic mass is 10.2. The largest absolute Gasteiger partial charge is 0.397 e. The van der Waals surface area contributed by atoms with E-state index in [-0.39, 0.29) is 11.7 Å². The van der Waals surface area contributed by atoms with Gasteiger partial charge >= 0.3 is 0 Å². The van der Waals surface area contributed by atoms with Crippen molar-refractivity contribution in [2.24, 2.45) is 0 Å². The SMILES string of the molecule is Cc1cc(F)c(Br)cc1NC(=O)c1cc(N)cn1C1CC1. The predicted molar refractivity (Wildman–Crippen MR) is 83.9 cm³/mol. The number of halogens is 2. The van der Waals surface area contributed by atoms with Crippen LogP contribution in [0.5, 0.6) is 0 Å². The number of hydrogen-bond donors (Lipinski definition) is 2. The second kappa shape index (κ2) is 5.18. The first-order valence-electron chi connectivity index (χ1n) is 6.70. The van der Waals surface area contributed by atoms with Crippen molar-refractivity contribution in [2.45, 2.75) is 25.8 Å². The van der Waals surface area contributed by atoms with Gasteiger partial charge in [0.2, 0.25) is 0 Å². The van der Waals surface area contributed by atoms with Gasteiger partial charge in [0.15, 0.2) is 0 Å². The molecule has 0 radical (unpaired) electrons. The first-order chi connectivity index (χ1) is 9.95. The van der Waals surface area contributed by atoms with Gasteiger partial charge in [0, 0.05) is 17.9 Å². The Balaban J connectivity index is 1.88. The summed E-state index contributed by atoms with van der Waals surface area (Å²) < 4.78 is 15.7. The van der Waals surface area contributed by atoms with E-state index >= 15 is 0 Å². The number of amides is 1. The Morgan fingerprint density at radius 2 is 2.14 bits per heavy atom. The van der Waals surface area contributed by atoms with Crippen LogP contribution in [0.2, 0.25) is 0 Å². The smallest absolute Gasteiger partial charge is 0.272 e. The molecule has 1 heterocycles. The fourth-order valence-electron chi connectivity index (χ4n) is 2.30. The zero-order valence-corrected chi connectivity index (χ0v) is 13.1. The molecule has 0 saturated heterocycles. The molecular formula is C15H15BrFN3O. The van der Waals surface area contributed by atoms with Crippen LogP contribution < -0.4 is 11.1 Å². The van der Waals surface area contributed by atoms with Crippen molar-refractivity contribution < 1.29 is 9.18 Å². The molecule has 0 bridgehead atoms. The van der Waals surface area contributed by atoms with Crippen molar-refractivity contribution in [2.75, 3.05) is 11.1 Å². The number of nitrogens with two attached hydrogens (primary N) is 1. The van der Waals surface area contributed by atoms with Crippen LogP contribution in [0, 0.1) is 12.7 Å². The van der Waals surface area contributed by atoms with Crippen LogP contribution >= 0.6 is 15.9 Å². The molecule has 1 fully saturated rings. The number of benzene rings is 1. The Morgan fingerprint density at radius 3 is 2.81 bits per heavy atom. The van der Waals surface area contributed by atoms with Crippen LogP contribution in [-0.4, -0.2) is 10.5 Å². The summed E-state index contributed by atoms with van der Waals surface area (Å²) in [5.74, 6) is -0.587. The first kappa shape index (κ1) is 14.1. The monoisotopic (exact) mass is 351 g/mol. The van der Waals surface area contributed by atoms with Gasteiger partial charge in [0.25, 0.3) is 5.91 Å². The highest BCUT2D eigenvalue weighted by molar-refractivity contribution is 9.10. The van der Waals surface area contributed by atoms with E-state index in [4.69, 9.17) is 5.73 Å². The maximum Gasteiger partial charge on any atom is 0.272 e. The van der Waals surface area contributed by atoms with Crippen LogP contribution in [0.4, 0.5) is 15.8 Å². The lowest BCUT2D eigenvalue weighted by Crippen LogP contribution is -2.17. The number of hydrogen-bond acceptors (Lipinski definition) is 2. The Labute approximate surface area is 130 Å². The highest BCUT2D eigenvalue weighted by Gasteiger charge is 2.27. The zero-order chi connectivity index (χ0) is 15.1. The van der Waals surface area contributed by atoms with Crippen molar-refractivity contribution in [1.82, 2.24) is 4.57 Å². The summed E-state index contributed by atoms with van der Waals surface area (Å²) >= 11 is 3.13. The second-order valence-corrected chi connectivity index (χ2v) is 6.19. The van der Waals surface area contributed by atoms with E-state index in [2.05, 4.69) is 21.2 Å². The van der Waals surface area contributed by atoms with E-state index in [0.29, 0.717) is 33.1 Å². The molecule has 1 aliphatic carbocycles. The molecule has 3 rings (SSSR count). The molecule has 2 aromatic rings. The molecule has 0 aliphatic heterocycles. The quantitative estimate of drug-likeness (QED) is 0.881. The fourth-order valence-corrected chi connectivity index (χ4v) is 2.65. The Bertz CT molecular complexity index is 722. The van der Waals surface area contributed by atoms with Crippen molar-refractivity contribution in [3.63, 3.8) is 0 Å². The Kier molecular flexibility index (Phi) is 3.49. The van der Waals surface area contributed by atoms with Crippen LogP contribution in [0.25, 0.3) is 0 Å². The van der Waals surface area contributed by atoms with Gasteiger partial charge in [-0.1, -0.05) is 0 Å². The average molecular weight is 352 g/mol. The maximum atomic E-state index is 13.4. The molecule has 1 saturated carbocycles. The van der Waals surface area contributed by atoms with Crippen molar-refractivity contribution in [1.29, 1.82) is 0 Å². The van der Waals surface area contributed by atoms with Gasteiger partial charge in [-0.3, -0.25) is 4.79 Å². The molecule has 0 spiro atoms. The number of nitrogens with one attached hydrogen (secondary N) is 1. The summed E-state index contributed by atoms with van der Waals surface area (Å²) in [4.78, 5) is 12.4. The molecule has 110 valence electrons. The summed E-state index contributed by atoms with van der Waals surface area (Å²) in [6, 6.07) is 4.98. The van der Waals surface area contributed by atoms with E-state index in [0.717, 1.165) is 12.8 Å². The number of rotatable bonds is 3. The van der Waals surface area contributed by atoms with Crippen molar-refractivity contribution >= 4 is 33.2 Å². The third kappa shape index (κ3) is 2.81. The highest BCUT2D eigenvalue weighted by Crippen LogP contribution is 2.37. The maximum absolute atomic E-state index is 13.4. The molecule has 6 heteroatoms.